The van der Waals surface area contributed by atoms with Crippen LogP contribution >= 0.6 is 0 Å². The Morgan fingerprint density at radius 3 is 1.15 bits per heavy atom. The predicted octanol–water partition coefficient (Wildman–Crippen LogP) is 0.409. The Balaban J connectivity index is 0.00000512. The molecule has 0 aliphatic carbocycles. The van der Waals surface area contributed by atoms with E-state index in [0.29, 0.717) is 0 Å². The van der Waals surface area contributed by atoms with Crippen molar-refractivity contribution in [1.29, 1.82) is 0 Å². The molecule has 0 fully saturated rings. The SMILES string of the molecule is Cc1cc(C(C)(C)C)cc(N(C)C)c1[O][Zr+2][O]c1c(C)cc(C(C)(C)C)cc1N(C)C.[Cl-].[Cl-]. The van der Waals surface area contributed by atoms with Crippen molar-refractivity contribution in [3.63, 3.8) is 0 Å². The zero-order valence-electron chi connectivity index (χ0n) is 22.3. The fourth-order valence-corrected chi connectivity index (χ4v) is 5.23. The molecule has 33 heavy (non-hydrogen) atoms. The van der Waals surface area contributed by atoms with E-state index in [1.807, 2.05) is 0 Å². The number of benzene rings is 2. The Kier molecular flexibility index (Phi) is 11.8. The number of rotatable bonds is 6. The summed E-state index contributed by atoms with van der Waals surface area (Å²) < 4.78 is 12.8. The predicted molar refractivity (Wildman–Crippen MR) is 130 cm³/mol. The quantitative estimate of drug-likeness (QED) is 0.499. The van der Waals surface area contributed by atoms with Crippen molar-refractivity contribution in [3.05, 3.63) is 46.5 Å². The zero-order chi connectivity index (χ0) is 23.7. The van der Waals surface area contributed by atoms with Gasteiger partial charge in [0, 0.05) is 0 Å². The Morgan fingerprint density at radius 2 is 0.909 bits per heavy atom. The van der Waals surface area contributed by atoms with Gasteiger partial charge in [0.1, 0.15) is 0 Å². The van der Waals surface area contributed by atoms with Crippen LogP contribution in [0.5, 0.6) is 11.5 Å². The van der Waals surface area contributed by atoms with Crippen LogP contribution in [0.2, 0.25) is 0 Å². The minimum Gasteiger partial charge on any atom is -1.00 e. The van der Waals surface area contributed by atoms with Gasteiger partial charge in [0.05, 0.1) is 0 Å². The Hall–Kier alpha value is -0.897. The zero-order valence-corrected chi connectivity index (χ0v) is 26.2. The largest absolute Gasteiger partial charge is 1.00 e. The Bertz CT molecular complexity index is 858. The van der Waals surface area contributed by atoms with Crippen molar-refractivity contribution < 1.29 is 54.6 Å². The summed E-state index contributed by atoms with van der Waals surface area (Å²) in [5.74, 6) is 1.89. The second-order valence-corrected chi connectivity index (χ2v) is 12.3. The molecule has 0 unspecified atom stereocenters. The summed E-state index contributed by atoms with van der Waals surface area (Å²) in [6.07, 6.45) is 0. The van der Waals surface area contributed by atoms with E-state index < -0.39 is 24.1 Å². The molecule has 184 valence electrons. The summed E-state index contributed by atoms with van der Waals surface area (Å²) >= 11 is -1.60. The van der Waals surface area contributed by atoms with Gasteiger partial charge in [-0.25, -0.2) is 0 Å². The molecule has 7 heteroatoms. The van der Waals surface area contributed by atoms with Crippen molar-refractivity contribution in [3.8, 4) is 11.5 Å². The fourth-order valence-electron chi connectivity index (χ4n) is 3.41. The monoisotopic (exact) mass is 572 g/mol. The smallest absolute Gasteiger partial charge is 1.00 e. The summed E-state index contributed by atoms with van der Waals surface area (Å²) in [6, 6.07) is 8.99. The number of aryl methyl sites for hydroxylation is 2. The average Bonchev–Trinajstić information content (AvgIpc) is 2.61. The van der Waals surface area contributed by atoms with Crippen LogP contribution in [0.25, 0.3) is 0 Å². The van der Waals surface area contributed by atoms with Crippen molar-refractivity contribution in [1.82, 2.24) is 0 Å². The molecule has 2 aromatic carbocycles. The third-order valence-corrected chi connectivity index (χ3v) is 6.91. The van der Waals surface area contributed by atoms with Gasteiger partial charge >= 0.3 is 203 Å². The standard InChI is InChI=1S/2C13H21NO.2ClH.Zr/c2*1-9-7-10(13(2,3)4)8-11(12(9)15)14(5)6;;;/h2*7-8,15H,1-6H3;2*1H;/q;;;;+4/p-4. The molecular weight excluding hydrogens is 534 g/mol. The minimum absolute atomic E-state index is 0. The van der Waals surface area contributed by atoms with Crippen LogP contribution in [-0.2, 0) is 34.9 Å². The molecule has 0 saturated heterocycles. The minimum atomic E-state index is -1.60. The molecule has 0 atom stereocenters. The number of hydrogen-bond acceptors (Lipinski definition) is 4. The summed E-state index contributed by atoms with van der Waals surface area (Å²) in [7, 11) is 8.28. The van der Waals surface area contributed by atoms with E-state index in [1.54, 1.807) is 0 Å². The van der Waals surface area contributed by atoms with Gasteiger partial charge in [-0.2, -0.15) is 0 Å². The Labute approximate surface area is 227 Å². The van der Waals surface area contributed by atoms with E-state index in [1.165, 1.54) is 11.1 Å². The van der Waals surface area contributed by atoms with Crippen LogP contribution < -0.4 is 40.2 Å². The third kappa shape index (κ3) is 8.08. The molecule has 0 heterocycles. The van der Waals surface area contributed by atoms with Crippen LogP contribution in [-0.4, -0.2) is 28.2 Å². The van der Waals surface area contributed by atoms with Crippen molar-refractivity contribution in [2.45, 2.75) is 66.2 Å². The summed E-state index contributed by atoms with van der Waals surface area (Å²) in [6.45, 7) is 17.7. The van der Waals surface area contributed by atoms with E-state index in [9.17, 15) is 0 Å². The second-order valence-electron chi connectivity index (χ2n) is 10.9. The van der Waals surface area contributed by atoms with E-state index in [2.05, 4.69) is 118 Å². The van der Waals surface area contributed by atoms with Crippen molar-refractivity contribution in [2.24, 2.45) is 0 Å². The third-order valence-electron chi connectivity index (χ3n) is 5.49. The van der Waals surface area contributed by atoms with Gasteiger partial charge in [-0.1, -0.05) is 0 Å². The van der Waals surface area contributed by atoms with Gasteiger partial charge in [0.15, 0.2) is 0 Å². The Morgan fingerprint density at radius 1 is 0.606 bits per heavy atom. The molecule has 4 nitrogen and oxygen atoms in total. The molecule has 0 N–H and O–H groups in total. The number of nitrogens with zero attached hydrogens (tertiary/aromatic N) is 2. The summed E-state index contributed by atoms with van der Waals surface area (Å²) in [5.41, 5.74) is 7.37. The molecule has 0 bridgehead atoms. The molecule has 2 rings (SSSR count). The van der Waals surface area contributed by atoms with E-state index in [4.69, 9.17) is 5.63 Å². The molecule has 0 radical (unpaired) electrons. The summed E-state index contributed by atoms with van der Waals surface area (Å²) in [4.78, 5) is 4.26. The van der Waals surface area contributed by atoms with Gasteiger partial charge in [0.2, 0.25) is 0 Å². The molecule has 0 spiro atoms. The molecule has 0 aliphatic rings. The number of halogens is 2. The molecule has 0 aromatic heterocycles. The first-order valence-corrected chi connectivity index (χ1v) is 12.9. The van der Waals surface area contributed by atoms with Crippen LogP contribution in [0, 0.1) is 13.8 Å². The van der Waals surface area contributed by atoms with Crippen LogP contribution in [0.3, 0.4) is 0 Å². The maximum absolute atomic E-state index is 6.38. The van der Waals surface area contributed by atoms with Crippen LogP contribution in [0.4, 0.5) is 11.4 Å². The molecule has 0 amide bonds. The molecular formula is C26H40Cl2N2O2Zr. The van der Waals surface area contributed by atoms with Crippen molar-refractivity contribution in [2.75, 3.05) is 38.0 Å². The first kappa shape index (κ1) is 32.1. The van der Waals surface area contributed by atoms with Gasteiger partial charge in [-0.3, -0.25) is 0 Å². The van der Waals surface area contributed by atoms with E-state index >= 15 is 0 Å². The van der Waals surface area contributed by atoms with Gasteiger partial charge in [-0.05, 0) is 0 Å². The van der Waals surface area contributed by atoms with E-state index in [-0.39, 0.29) is 35.6 Å². The normalized spacial score (nSPS) is 11.0. The summed E-state index contributed by atoms with van der Waals surface area (Å²) in [5, 5.41) is 0. The maximum Gasteiger partial charge on any atom is -1.00 e. The second kappa shape index (κ2) is 12.2. The van der Waals surface area contributed by atoms with Gasteiger partial charge in [0.25, 0.3) is 0 Å². The number of hydrogen-bond donors (Lipinski definition) is 0. The first-order valence-electron chi connectivity index (χ1n) is 10.9. The van der Waals surface area contributed by atoms with Crippen LogP contribution in [0.1, 0.15) is 63.8 Å². The topological polar surface area (TPSA) is 24.9 Å². The first-order chi connectivity index (χ1) is 14.1. The van der Waals surface area contributed by atoms with E-state index in [0.717, 1.165) is 34.0 Å². The number of anilines is 2. The average molecular weight is 575 g/mol. The van der Waals surface area contributed by atoms with Crippen LogP contribution in [0.15, 0.2) is 24.3 Å². The van der Waals surface area contributed by atoms with Gasteiger partial charge in [-0.15, -0.1) is 0 Å². The maximum atomic E-state index is 6.38. The fraction of sp³-hybridized carbons (Fsp3) is 0.538. The molecule has 0 saturated carbocycles. The van der Waals surface area contributed by atoms with Crippen molar-refractivity contribution >= 4 is 11.4 Å². The molecule has 0 aliphatic heterocycles. The van der Waals surface area contributed by atoms with Gasteiger partial charge < -0.3 is 24.8 Å². The molecule has 2 aromatic rings.